The molecule has 0 aliphatic carbocycles. The summed E-state index contributed by atoms with van der Waals surface area (Å²) in [5.74, 6) is 0.141. The number of hydrogen-bond donors (Lipinski definition) is 1. The smallest absolute Gasteiger partial charge is 0.236 e. The molecule has 0 radical (unpaired) electrons. The molecule has 1 aliphatic rings. The fourth-order valence-corrected chi connectivity index (χ4v) is 1.65. The number of nitrogens with one attached hydrogen (secondary N) is 1. The van der Waals surface area contributed by atoms with Crippen LogP contribution in [0, 0.1) is 5.41 Å². The van der Waals surface area contributed by atoms with Crippen molar-refractivity contribution in [2.45, 2.75) is 32.4 Å². The molecule has 0 spiro atoms. The fourth-order valence-electron chi connectivity index (χ4n) is 0.702. The molecule has 3 heteroatoms. The molecule has 0 aromatic carbocycles. The van der Waals surface area contributed by atoms with Gasteiger partial charge in [-0.25, -0.2) is 0 Å². The second-order valence-corrected chi connectivity index (χ2v) is 5.10. The summed E-state index contributed by atoms with van der Waals surface area (Å²) < 4.78 is 2.80. The van der Waals surface area contributed by atoms with Crippen molar-refractivity contribution < 1.29 is 4.79 Å². The van der Waals surface area contributed by atoms with Crippen molar-refractivity contribution in [2.75, 3.05) is 0 Å². The number of carbonyl (C=O) groups is 1. The summed E-state index contributed by atoms with van der Waals surface area (Å²) in [6.45, 7) is 8.11. The van der Waals surface area contributed by atoms with Gasteiger partial charge in [0.2, 0.25) is 5.91 Å². The van der Waals surface area contributed by atoms with Gasteiger partial charge >= 0.3 is 0 Å². The van der Waals surface area contributed by atoms with Crippen LogP contribution in [0.1, 0.15) is 27.7 Å². The summed E-state index contributed by atoms with van der Waals surface area (Å²) in [5, 5.41) is 0. The molecule has 1 amide bonds. The van der Waals surface area contributed by atoms with Crippen LogP contribution in [0.25, 0.3) is 0 Å². The van der Waals surface area contributed by atoms with Crippen molar-refractivity contribution in [1.82, 2.24) is 4.72 Å². The highest BCUT2D eigenvalue weighted by Crippen LogP contribution is 2.45. The first kappa shape index (κ1) is 7.92. The number of amides is 1. The van der Waals surface area contributed by atoms with Crippen molar-refractivity contribution in [3.8, 4) is 0 Å². The first-order valence-electron chi connectivity index (χ1n) is 3.36. The van der Waals surface area contributed by atoms with Crippen LogP contribution in [0.5, 0.6) is 0 Å². The molecule has 1 saturated heterocycles. The Kier molecular flexibility index (Phi) is 1.51. The second kappa shape index (κ2) is 1.91. The lowest BCUT2D eigenvalue weighted by atomic mass is 9.80. The predicted molar refractivity (Wildman–Crippen MR) is 43.6 cm³/mol. The van der Waals surface area contributed by atoms with Gasteiger partial charge in [0.25, 0.3) is 0 Å². The van der Waals surface area contributed by atoms with E-state index in [0.717, 1.165) is 0 Å². The molecule has 0 unspecified atom stereocenters. The van der Waals surface area contributed by atoms with Gasteiger partial charge in [-0.1, -0.05) is 0 Å². The minimum absolute atomic E-state index is 0.0179. The molecule has 0 aromatic heterocycles. The summed E-state index contributed by atoms with van der Waals surface area (Å²) in [4.78, 5) is 11.2. The Morgan fingerprint density at radius 2 is 1.80 bits per heavy atom. The highest BCUT2D eigenvalue weighted by molar-refractivity contribution is 7.99. The van der Waals surface area contributed by atoms with E-state index in [-0.39, 0.29) is 16.1 Å². The van der Waals surface area contributed by atoms with Gasteiger partial charge in [0.1, 0.15) is 0 Å². The Bertz CT molecular complexity index is 174. The molecule has 1 aliphatic heterocycles. The maximum Gasteiger partial charge on any atom is 0.236 e. The van der Waals surface area contributed by atoms with Gasteiger partial charge in [0.05, 0.1) is 5.41 Å². The van der Waals surface area contributed by atoms with Crippen LogP contribution in [0.3, 0.4) is 0 Å². The van der Waals surface area contributed by atoms with E-state index in [4.69, 9.17) is 0 Å². The van der Waals surface area contributed by atoms with Gasteiger partial charge in [0.15, 0.2) is 0 Å². The molecular formula is C7H13NOS. The van der Waals surface area contributed by atoms with Gasteiger partial charge in [-0.15, -0.1) is 0 Å². The highest BCUT2D eigenvalue weighted by atomic mass is 32.2. The van der Waals surface area contributed by atoms with E-state index in [1.54, 1.807) is 0 Å². The van der Waals surface area contributed by atoms with Crippen molar-refractivity contribution in [2.24, 2.45) is 5.41 Å². The maximum absolute atomic E-state index is 11.2. The number of hydrogen-bond acceptors (Lipinski definition) is 2. The normalized spacial score (nSPS) is 28.2. The van der Waals surface area contributed by atoms with E-state index >= 15 is 0 Å². The van der Waals surface area contributed by atoms with E-state index in [0.29, 0.717) is 0 Å². The standard InChI is InChI=1S/C7H13NOS/c1-6(2)5(9)8-10-7(6,3)4/h1-4H3,(H,8,9). The van der Waals surface area contributed by atoms with Crippen LogP contribution < -0.4 is 4.72 Å². The lowest BCUT2D eigenvalue weighted by Crippen LogP contribution is -2.37. The average Bonchev–Trinajstić information content (AvgIpc) is 1.94. The quantitative estimate of drug-likeness (QED) is 0.544. The third-order valence-corrected chi connectivity index (χ3v) is 3.78. The van der Waals surface area contributed by atoms with Crippen LogP contribution in [-0.4, -0.2) is 10.7 Å². The van der Waals surface area contributed by atoms with Crippen molar-refractivity contribution in [1.29, 1.82) is 0 Å². The molecule has 2 nitrogen and oxygen atoms in total. The zero-order valence-corrected chi connectivity index (χ0v) is 7.63. The zero-order valence-electron chi connectivity index (χ0n) is 6.82. The largest absolute Gasteiger partial charge is 0.299 e. The van der Waals surface area contributed by atoms with Gasteiger partial charge in [0, 0.05) is 4.75 Å². The Morgan fingerprint density at radius 1 is 1.30 bits per heavy atom. The van der Waals surface area contributed by atoms with E-state index < -0.39 is 0 Å². The molecule has 0 aromatic rings. The van der Waals surface area contributed by atoms with Gasteiger partial charge in [-0.05, 0) is 39.6 Å². The number of rotatable bonds is 0. The van der Waals surface area contributed by atoms with Gasteiger partial charge in [-0.2, -0.15) is 0 Å². The third-order valence-electron chi connectivity index (χ3n) is 2.47. The maximum atomic E-state index is 11.2. The monoisotopic (exact) mass is 159 g/mol. The van der Waals surface area contributed by atoms with E-state index in [1.807, 2.05) is 13.8 Å². The Hall–Kier alpha value is -0.180. The van der Waals surface area contributed by atoms with Gasteiger partial charge in [-0.3, -0.25) is 9.52 Å². The summed E-state index contributed by atoms with van der Waals surface area (Å²) in [6, 6.07) is 0. The van der Waals surface area contributed by atoms with E-state index in [9.17, 15) is 4.79 Å². The Balaban J connectivity index is 2.95. The first-order chi connectivity index (χ1) is 4.38. The summed E-state index contributed by atoms with van der Waals surface area (Å²) in [6.07, 6.45) is 0. The SMILES string of the molecule is CC1(C)SNC(=O)C1(C)C. The van der Waals surface area contributed by atoms with E-state index in [1.165, 1.54) is 11.9 Å². The Labute approximate surface area is 65.9 Å². The molecule has 0 bridgehead atoms. The first-order valence-corrected chi connectivity index (χ1v) is 4.18. The van der Waals surface area contributed by atoms with Crippen molar-refractivity contribution in [3.63, 3.8) is 0 Å². The predicted octanol–water partition coefficient (Wildman–Crippen LogP) is 1.57. The van der Waals surface area contributed by atoms with Crippen LogP contribution >= 0.6 is 11.9 Å². The molecule has 58 valence electrons. The number of carbonyl (C=O) groups excluding carboxylic acids is 1. The van der Waals surface area contributed by atoms with Gasteiger partial charge < -0.3 is 0 Å². The third kappa shape index (κ3) is 0.839. The van der Waals surface area contributed by atoms with E-state index in [2.05, 4.69) is 18.6 Å². The molecule has 0 atom stereocenters. The lowest BCUT2D eigenvalue weighted by Gasteiger charge is -2.28. The minimum atomic E-state index is -0.238. The second-order valence-electron chi connectivity index (χ2n) is 3.67. The van der Waals surface area contributed by atoms with Crippen LogP contribution in [0.2, 0.25) is 0 Å². The summed E-state index contributed by atoms with van der Waals surface area (Å²) in [7, 11) is 0. The zero-order chi connectivity index (χ0) is 7.99. The lowest BCUT2D eigenvalue weighted by molar-refractivity contribution is -0.127. The van der Waals surface area contributed by atoms with Crippen LogP contribution in [0.15, 0.2) is 0 Å². The Morgan fingerprint density at radius 3 is 1.90 bits per heavy atom. The minimum Gasteiger partial charge on any atom is -0.299 e. The molecular weight excluding hydrogens is 146 g/mol. The molecule has 1 rings (SSSR count). The van der Waals surface area contributed by atoms with Crippen LogP contribution in [-0.2, 0) is 4.79 Å². The molecule has 0 saturated carbocycles. The summed E-state index contributed by atoms with van der Waals surface area (Å²) in [5.41, 5.74) is -0.238. The van der Waals surface area contributed by atoms with Crippen molar-refractivity contribution >= 4 is 17.9 Å². The molecule has 10 heavy (non-hydrogen) atoms. The fraction of sp³-hybridized carbons (Fsp3) is 0.857. The average molecular weight is 159 g/mol. The van der Waals surface area contributed by atoms with Crippen molar-refractivity contribution in [3.05, 3.63) is 0 Å². The topological polar surface area (TPSA) is 29.1 Å². The molecule has 1 N–H and O–H groups in total. The van der Waals surface area contributed by atoms with Crippen LogP contribution in [0.4, 0.5) is 0 Å². The molecule has 1 heterocycles. The highest BCUT2D eigenvalue weighted by Gasteiger charge is 2.49. The summed E-state index contributed by atoms with van der Waals surface area (Å²) >= 11 is 1.52. The molecule has 1 fully saturated rings.